The number of fused-ring (bicyclic) bond motifs is 3. The van der Waals surface area contributed by atoms with Crippen LogP contribution in [0.25, 0.3) is 10.9 Å². The van der Waals surface area contributed by atoms with Crippen molar-refractivity contribution in [2.24, 2.45) is 5.92 Å². The molecule has 0 spiro atoms. The number of likely N-dealkylation sites (tertiary alicyclic amines) is 1. The Morgan fingerprint density at radius 3 is 3.14 bits per heavy atom. The lowest BCUT2D eigenvalue weighted by Crippen LogP contribution is -2.43. The van der Waals surface area contributed by atoms with Crippen LogP contribution in [0, 0.1) is 5.92 Å². The summed E-state index contributed by atoms with van der Waals surface area (Å²) in [5.41, 5.74) is 2.70. The number of rotatable bonds is 1. The zero-order chi connectivity index (χ0) is 14.0. The van der Waals surface area contributed by atoms with E-state index < -0.39 is 0 Å². The molecular weight excluding hydrogens is 264 g/mol. The molecule has 2 fully saturated rings. The van der Waals surface area contributed by atoms with Crippen LogP contribution in [0.2, 0.25) is 0 Å². The van der Waals surface area contributed by atoms with Crippen LogP contribution in [-0.4, -0.2) is 51.6 Å². The summed E-state index contributed by atoms with van der Waals surface area (Å²) in [6.07, 6.45) is 3.34. The van der Waals surface area contributed by atoms with E-state index in [9.17, 15) is 4.79 Å². The molecule has 3 aliphatic heterocycles. The van der Waals surface area contributed by atoms with Gasteiger partial charge in [-0.3, -0.25) is 14.8 Å². The van der Waals surface area contributed by atoms with Gasteiger partial charge in [-0.2, -0.15) is 5.10 Å². The first-order valence-corrected chi connectivity index (χ1v) is 7.50. The van der Waals surface area contributed by atoms with Crippen molar-refractivity contribution < 1.29 is 4.79 Å². The molecule has 3 aliphatic rings. The minimum atomic E-state index is 0.0509. The molecule has 2 unspecified atom stereocenters. The quantitative estimate of drug-likeness (QED) is 0.863. The number of benzene rings is 1. The Balaban J connectivity index is 1.60. The molecule has 0 saturated carbocycles. The van der Waals surface area contributed by atoms with E-state index in [1.165, 1.54) is 5.70 Å². The summed E-state index contributed by atoms with van der Waals surface area (Å²) < 4.78 is 0. The van der Waals surface area contributed by atoms with Gasteiger partial charge in [0.25, 0.3) is 5.91 Å². The molecule has 5 heteroatoms. The highest BCUT2D eigenvalue weighted by molar-refractivity contribution is 6.05. The number of amides is 1. The monoisotopic (exact) mass is 280 g/mol. The van der Waals surface area contributed by atoms with Gasteiger partial charge in [0.1, 0.15) is 0 Å². The van der Waals surface area contributed by atoms with Crippen molar-refractivity contribution in [1.82, 2.24) is 20.0 Å². The summed E-state index contributed by atoms with van der Waals surface area (Å²) in [5.74, 6) is 0.585. The van der Waals surface area contributed by atoms with E-state index in [1.807, 2.05) is 29.2 Å². The van der Waals surface area contributed by atoms with Crippen molar-refractivity contribution in [2.45, 2.75) is 12.5 Å². The maximum absolute atomic E-state index is 13.0. The summed E-state index contributed by atoms with van der Waals surface area (Å²) in [6.45, 7) is 3.07. The van der Waals surface area contributed by atoms with Gasteiger partial charge in [-0.1, -0.05) is 24.3 Å². The minimum absolute atomic E-state index is 0.0509. The van der Waals surface area contributed by atoms with Crippen LogP contribution in [0.1, 0.15) is 16.9 Å². The Bertz CT molecular complexity index is 777. The van der Waals surface area contributed by atoms with Crippen molar-refractivity contribution in [3.8, 4) is 0 Å². The number of para-hydroxylation sites is 1. The number of hydrogen-bond donors (Lipinski definition) is 1. The Morgan fingerprint density at radius 2 is 2.19 bits per heavy atom. The number of H-pyrrole nitrogens is 1. The summed E-state index contributed by atoms with van der Waals surface area (Å²) >= 11 is 0. The van der Waals surface area contributed by atoms with Gasteiger partial charge in [0.05, 0.1) is 11.6 Å². The Labute approximate surface area is 122 Å². The van der Waals surface area contributed by atoms with Crippen LogP contribution >= 0.6 is 0 Å². The van der Waals surface area contributed by atoms with Gasteiger partial charge < -0.3 is 4.90 Å². The van der Waals surface area contributed by atoms with Crippen LogP contribution in [0.5, 0.6) is 0 Å². The van der Waals surface area contributed by atoms with Gasteiger partial charge in [0.15, 0.2) is 5.69 Å². The van der Waals surface area contributed by atoms with Crippen molar-refractivity contribution in [2.75, 3.05) is 19.6 Å². The predicted molar refractivity (Wildman–Crippen MR) is 78.7 cm³/mol. The van der Waals surface area contributed by atoms with Gasteiger partial charge >= 0.3 is 0 Å². The molecule has 4 heterocycles. The number of carbonyl (C=O) groups is 1. The number of carbonyl (C=O) groups excluding carboxylic acids is 1. The van der Waals surface area contributed by atoms with Crippen LogP contribution in [0.3, 0.4) is 0 Å². The lowest BCUT2D eigenvalue weighted by molar-refractivity contribution is 0.0758. The third-order valence-corrected chi connectivity index (χ3v) is 5.02. The normalized spacial score (nSPS) is 30.0. The van der Waals surface area contributed by atoms with E-state index in [1.54, 1.807) is 0 Å². The van der Waals surface area contributed by atoms with E-state index in [4.69, 9.17) is 0 Å². The molecule has 5 nitrogen and oxygen atoms in total. The first kappa shape index (κ1) is 11.5. The number of nitrogens with one attached hydrogen (secondary N) is 1. The zero-order valence-corrected chi connectivity index (χ0v) is 11.6. The summed E-state index contributed by atoms with van der Waals surface area (Å²) in [5, 5.41) is 8.16. The van der Waals surface area contributed by atoms with Crippen molar-refractivity contribution in [3.05, 3.63) is 41.7 Å². The van der Waals surface area contributed by atoms with E-state index in [-0.39, 0.29) is 5.91 Å². The maximum atomic E-state index is 13.0. The van der Waals surface area contributed by atoms with Crippen LogP contribution < -0.4 is 0 Å². The third-order valence-electron chi connectivity index (χ3n) is 5.02. The first-order valence-electron chi connectivity index (χ1n) is 7.50. The first-order chi connectivity index (χ1) is 10.3. The standard InChI is InChI=1S/C16H16N4O/c21-16(15-12-3-1-2-4-13(12)17-18-15)20-11-7-10-8-19(9-11)6-5-14(10)20/h1-5,10-11H,6-9H2,(H,17,18)/t10?,11-/m0/s1. The second kappa shape index (κ2) is 3.95. The predicted octanol–water partition coefficient (Wildman–Crippen LogP) is 1.61. The summed E-state index contributed by atoms with van der Waals surface area (Å²) in [4.78, 5) is 17.5. The van der Waals surface area contributed by atoms with Crippen molar-refractivity contribution >= 4 is 16.8 Å². The smallest absolute Gasteiger partial charge is 0.279 e. The molecule has 0 aliphatic carbocycles. The van der Waals surface area contributed by atoms with E-state index in [2.05, 4.69) is 21.2 Å². The maximum Gasteiger partial charge on any atom is 0.279 e. The van der Waals surface area contributed by atoms with E-state index in [0.717, 1.165) is 37.0 Å². The second-order valence-electron chi connectivity index (χ2n) is 6.23. The van der Waals surface area contributed by atoms with Crippen molar-refractivity contribution in [1.29, 1.82) is 0 Å². The van der Waals surface area contributed by atoms with Crippen LogP contribution in [0.4, 0.5) is 0 Å². The molecule has 0 radical (unpaired) electrons. The Kier molecular flexibility index (Phi) is 2.16. The molecule has 21 heavy (non-hydrogen) atoms. The average molecular weight is 280 g/mol. The molecule has 2 saturated heterocycles. The summed E-state index contributed by atoms with van der Waals surface area (Å²) in [7, 11) is 0. The third kappa shape index (κ3) is 1.49. The summed E-state index contributed by atoms with van der Waals surface area (Å²) in [6, 6.07) is 8.14. The van der Waals surface area contributed by atoms with Gasteiger partial charge in [0, 0.05) is 36.6 Å². The van der Waals surface area contributed by atoms with Crippen LogP contribution in [-0.2, 0) is 0 Å². The number of nitrogens with zero attached hydrogens (tertiary/aromatic N) is 3. The fourth-order valence-corrected chi connectivity index (χ4v) is 4.13. The number of aromatic nitrogens is 2. The minimum Gasteiger partial charge on any atom is -0.306 e. The highest BCUT2D eigenvalue weighted by atomic mass is 16.2. The molecule has 3 bridgehead atoms. The average Bonchev–Trinajstić information content (AvgIpc) is 2.99. The molecule has 106 valence electrons. The fourth-order valence-electron chi connectivity index (χ4n) is 4.13. The highest BCUT2D eigenvalue weighted by Gasteiger charge is 2.47. The molecular formula is C16H16N4O. The largest absolute Gasteiger partial charge is 0.306 e. The number of hydrogen-bond acceptors (Lipinski definition) is 3. The molecule has 2 aromatic rings. The van der Waals surface area contributed by atoms with E-state index >= 15 is 0 Å². The SMILES string of the molecule is O=C(c1n[nH]c2ccccc12)N1C2=CCN3CC2C[C@H]1C3. The van der Waals surface area contributed by atoms with Crippen molar-refractivity contribution in [3.63, 3.8) is 0 Å². The molecule has 1 aromatic heterocycles. The Morgan fingerprint density at radius 1 is 1.29 bits per heavy atom. The number of piperidine rings is 1. The molecule has 1 aromatic carbocycles. The van der Waals surface area contributed by atoms with Crippen LogP contribution in [0.15, 0.2) is 36.0 Å². The lowest BCUT2D eigenvalue weighted by atomic mass is 9.95. The van der Waals surface area contributed by atoms with Gasteiger partial charge in [-0.15, -0.1) is 0 Å². The molecule has 1 amide bonds. The van der Waals surface area contributed by atoms with Gasteiger partial charge in [0.2, 0.25) is 0 Å². The van der Waals surface area contributed by atoms with Gasteiger partial charge in [-0.05, 0) is 12.5 Å². The highest BCUT2D eigenvalue weighted by Crippen LogP contribution is 2.41. The zero-order valence-electron chi connectivity index (χ0n) is 11.6. The second-order valence-corrected chi connectivity index (χ2v) is 6.23. The van der Waals surface area contributed by atoms with Gasteiger partial charge in [-0.25, -0.2) is 0 Å². The molecule has 5 rings (SSSR count). The number of aromatic amines is 1. The lowest BCUT2D eigenvalue weighted by Gasteiger charge is -2.31. The molecule has 3 atom stereocenters. The van der Waals surface area contributed by atoms with E-state index in [0.29, 0.717) is 17.7 Å². The molecule has 1 N–H and O–H groups in total. The Hall–Kier alpha value is -2.14. The fraction of sp³-hybridized carbons (Fsp3) is 0.375. The topological polar surface area (TPSA) is 52.2 Å².